The van der Waals surface area contributed by atoms with Crippen LogP contribution in [0.5, 0.6) is 5.75 Å². The van der Waals surface area contributed by atoms with Crippen LogP contribution in [0.2, 0.25) is 0 Å². The van der Waals surface area contributed by atoms with Gasteiger partial charge >= 0.3 is 0 Å². The van der Waals surface area contributed by atoms with Gasteiger partial charge in [0.05, 0.1) is 13.0 Å². The molecular formula is C18H20BrFN2O2. The van der Waals surface area contributed by atoms with Crippen LogP contribution in [0.3, 0.4) is 0 Å². The molecule has 0 heterocycles. The third kappa shape index (κ3) is 5.32. The summed E-state index contributed by atoms with van der Waals surface area (Å²) in [5.74, 6) is -0.268. The predicted molar refractivity (Wildman–Crippen MR) is 95.2 cm³/mol. The summed E-state index contributed by atoms with van der Waals surface area (Å²) >= 11 is 3.43. The van der Waals surface area contributed by atoms with E-state index in [1.54, 1.807) is 19.2 Å². The molecule has 0 fully saturated rings. The number of ether oxygens (including phenoxy) is 1. The molecule has 4 nitrogen and oxygen atoms in total. The van der Waals surface area contributed by atoms with Crippen LogP contribution in [0.25, 0.3) is 0 Å². The molecule has 0 aliphatic heterocycles. The Labute approximate surface area is 149 Å². The van der Waals surface area contributed by atoms with Crippen molar-refractivity contribution in [3.8, 4) is 5.75 Å². The Balaban J connectivity index is 1.96. The molecule has 0 aromatic heterocycles. The van der Waals surface area contributed by atoms with Crippen molar-refractivity contribution >= 4 is 21.8 Å². The first kappa shape index (κ1) is 18.4. The molecule has 0 saturated heterocycles. The molecule has 2 aromatic carbocycles. The molecule has 2 rings (SSSR count). The van der Waals surface area contributed by atoms with Gasteiger partial charge in [-0.2, -0.15) is 0 Å². The summed E-state index contributed by atoms with van der Waals surface area (Å²) in [4.78, 5) is 11.7. The van der Waals surface area contributed by atoms with Gasteiger partial charge in [0.25, 0.3) is 0 Å². The van der Waals surface area contributed by atoms with Crippen LogP contribution < -0.4 is 15.8 Å². The standard InChI is InChI=1S/C18H20BrFN2O2/c1-24-17-7-4-15(19)9-13(17)10-22-11-14(18(21)23)8-12-2-5-16(20)6-3-12/h2-7,9,14,22H,8,10-11H2,1H3,(H2,21,23)/t14-/m1/s1. The summed E-state index contributed by atoms with van der Waals surface area (Å²) < 4.78 is 19.2. The van der Waals surface area contributed by atoms with E-state index in [2.05, 4.69) is 21.2 Å². The zero-order valence-electron chi connectivity index (χ0n) is 13.4. The number of rotatable bonds is 8. The van der Waals surface area contributed by atoms with Crippen molar-refractivity contribution in [3.63, 3.8) is 0 Å². The minimum Gasteiger partial charge on any atom is -0.496 e. The van der Waals surface area contributed by atoms with Crippen molar-refractivity contribution in [1.29, 1.82) is 0 Å². The number of hydrogen-bond donors (Lipinski definition) is 2. The predicted octanol–water partition coefficient (Wildman–Crippen LogP) is 3.03. The molecule has 0 aliphatic rings. The average molecular weight is 395 g/mol. The molecule has 6 heteroatoms. The van der Waals surface area contributed by atoms with E-state index in [0.717, 1.165) is 21.3 Å². The number of benzene rings is 2. The molecule has 0 unspecified atom stereocenters. The number of nitrogens with two attached hydrogens (primary N) is 1. The van der Waals surface area contributed by atoms with Crippen molar-refractivity contribution in [2.75, 3.05) is 13.7 Å². The lowest BCUT2D eigenvalue weighted by Gasteiger charge is -2.16. The minimum atomic E-state index is -0.381. The number of primary amides is 1. The van der Waals surface area contributed by atoms with Crippen LogP contribution in [-0.4, -0.2) is 19.6 Å². The quantitative estimate of drug-likeness (QED) is 0.722. The summed E-state index contributed by atoms with van der Waals surface area (Å²) in [6, 6.07) is 11.9. The molecule has 24 heavy (non-hydrogen) atoms. The van der Waals surface area contributed by atoms with E-state index in [0.29, 0.717) is 19.5 Å². The van der Waals surface area contributed by atoms with Gasteiger partial charge in [0, 0.05) is 23.1 Å². The van der Waals surface area contributed by atoms with E-state index in [-0.39, 0.29) is 17.6 Å². The summed E-state index contributed by atoms with van der Waals surface area (Å²) in [6.45, 7) is 0.984. The van der Waals surface area contributed by atoms with E-state index >= 15 is 0 Å². The number of methoxy groups -OCH3 is 1. The third-order valence-corrected chi connectivity index (χ3v) is 4.24. The Morgan fingerprint density at radius 2 is 2.00 bits per heavy atom. The molecule has 3 N–H and O–H groups in total. The highest BCUT2D eigenvalue weighted by Gasteiger charge is 2.16. The van der Waals surface area contributed by atoms with Crippen molar-refractivity contribution < 1.29 is 13.9 Å². The van der Waals surface area contributed by atoms with E-state index in [9.17, 15) is 9.18 Å². The number of amides is 1. The van der Waals surface area contributed by atoms with Gasteiger partial charge in [-0.3, -0.25) is 4.79 Å². The number of carbonyl (C=O) groups is 1. The smallest absolute Gasteiger partial charge is 0.222 e. The van der Waals surface area contributed by atoms with E-state index in [1.807, 2.05) is 18.2 Å². The zero-order chi connectivity index (χ0) is 17.5. The molecule has 0 radical (unpaired) electrons. The van der Waals surface area contributed by atoms with Gasteiger partial charge in [-0.1, -0.05) is 28.1 Å². The topological polar surface area (TPSA) is 64.3 Å². The summed E-state index contributed by atoms with van der Waals surface area (Å²) in [7, 11) is 1.62. The molecule has 2 aromatic rings. The lowest BCUT2D eigenvalue weighted by molar-refractivity contribution is -0.121. The molecule has 128 valence electrons. The van der Waals surface area contributed by atoms with E-state index in [4.69, 9.17) is 10.5 Å². The van der Waals surface area contributed by atoms with Crippen LogP contribution in [0, 0.1) is 11.7 Å². The van der Waals surface area contributed by atoms with Gasteiger partial charge in [0.15, 0.2) is 0 Å². The van der Waals surface area contributed by atoms with Gasteiger partial charge in [0.1, 0.15) is 11.6 Å². The highest BCUT2D eigenvalue weighted by molar-refractivity contribution is 9.10. The second kappa shape index (κ2) is 8.80. The first-order valence-electron chi connectivity index (χ1n) is 7.56. The van der Waals surface area contributed by atoms with Crippen molar-refractivity contribution in [1.82, 2.24) is 5.32 Å². The first-order valence-corrected chi connectivity index (χ1v) is 8.35. The second-order valence-electron chi connectivity index (χ2n) is 5.52. The molecule has 0 bridgehead atoms. The highest BCUT2D eigenvalue weighted by atomic mass is 79.9. The number of nitrogens with one attached hydrogen (secondary N) is 1. The SMILES string of the molecule is COc1ccc(Br)cc1CNC[C@@H](Cc1ccc(F)cc1)C(N)=O. The number of carbonyl (C=O) groups excluding carboxylic acids is 1. The molecule has 0 spiro atoms. The number of halogens is 2. The lowest BCUT2D eigenvalue weighted by atomic mass is 9.98. The van der Waals surface area contributed by atoms with E-state index < -0.39 is 0 Å². The van der Waals surface area contributed by atoms with Crippen LogP contribution in [0.4, 0.5) is 4.39 Å². The normalized spacial score (nSPS) is 12.0. The zero-order valence-corrected chi connectivity index (χ0v) is 15.0. The van der Waals surface area contributed by atoms with Crippen LogP contribution in [-0.2, 0) is 17.8 Å². The van der Waals surface area contributed by atoms with Gasteiger partial charge in [0.2, 0.25) is 5.91 Å². The van der Waals surface area contributed by atoms with Gasteiger partial charge in [-0.05, 0) is 42.3 Å². The first-order chi connectivity index (χ1) is 11.5. The van der Waals surface area contributed by atoms with Crippen LogP contribution >= 0.6 is 15.9 Å². The minimum absolute atomic E-state index is 0.297. The lowest BCUT2D eigenvalue weighted by Crippen LogP contribution is -2.34. The Kier molecular flexibility index (Phi) is 6.75. The Bertz CT molecular complexity index is 692. The fraction of sp³-hybridized carbons (Fsp3) is 0.278. The summed E-state index contributed by atoms with van der Waals surface area (Å²) in [5, 5.41) is 3.24. The second-order valence-corrected chi connectivity index (χ2v) is 6.43. The van der Waals surface area contributed by atoms with E-state index in [1.165, 1.54) is 12.1 Å². The maximum absolute atomic E-state index is 13.0. The maximum Gasteiger partial charge on any atom is 0.222 e. The Morgan fingerprint density at radius 3 is 2.62 bits per heavy atom. The van der Waals surface area contributed by atoms with Gasteiger partial charge in [-0.25, -0.2) is 4.39 Å². The highest BCUT2D eigenvalue weighted by Crippen LogP contribution is 2.22. The maximum atomic E-state index is 13.0. The van der Waals surface area contributed by atoms with Crippen molar-refractivity contribution in [3.05, 3.63) is 63.9 Å². The average Bonchev–Trinajstić information content (AvgIpc) is 2.56. The molecule has 0 saturated carbocycles. The molecule has 0 aliphatic carbocycles. The largest absolute Gasteiger partial charge is 0.496 e. The summed E-state index contributed by atoms with van der Waals surface area (Å²) in [6.07, 6.45) is 0.470. The Hall–Kier alpha value is -1.92. The number of hydrogen-bond acceptors (Lipinski definition) is 3. The third-order valence-electron chi connectivity index (χ3n) is 3.75. The molecular weight excluding hydrogens is 375 g/mol. The molecule has 1 atom stereocenters. The fourth-order valence-corrected chi connectivity index (χ4v) is 2.85. The van der Waals surface area contributed by atoms with Crippen molar-refractivity contribution in [2.24, 2.45) is 11.7 Å². The Morgan fingerprint density at radius 1 is 1.29 bits per heavy atom. The van der Waals surface area contributed by atoms with Crippen LogP contribution in [0.15, 0.2) is 46.9 Å². The van der Waals surface area contributed by atoms with Gasteiger partial charge < -0.3 is 15.8 Å². The fourth-order valence-electron chi connectivity index (χ4n) is 2.44. The van der Waals surface area contributed by atoms with Crippen LogP contribution in [0.1, 0.15) is 11.1 Å². The molecule has 1 amide bonds. The van der Waals surface area contributed by atoms with Crippen molar-refractivity contribution in [2.45, 2.75) is 13.0 Å². The summed E-state index contributed by atoms with van der Waals surface area (Å²) in [5.41, 5.74) is 7.35. The monoisotopic (exact) mass is 394 g/mol. The van der Waals surface area contributed by atoms with Gasteiger partial charge in [-0.15, -0.1) is 0 Å².